The number of hydrogen-bond donors (Lipinski definition) is 1. The fourth-order valence-corrected chi connectivity index (χ4v) is 4.81. The molecule has 1 fully saturated rings. The summed E-state index contributed by atoms with van der Waals surface area (Å²) in [6, 6.07) is 15.4. The highest BCUT2D eigenvalue weighted by Crippen LogP contribution is 2.42. The third-order valence-electron chi connectivity index (χ3n) is 6.31. The number of carbonyl (C=O) groups excluding carboxylic acids is 1. The number of ether oxygens (including phenoxy) is 2. The minimum absolute atomic E-state index is 0.0132. The third kappa shape index (κ3) is 3.46. The zero-order valence-electron chi connectivity index (χ0n) is 17.9. The summed E-state index contributed by atoms with van der Waals surface area (Å²) in [4.78, 5) is 18.3. The Hall–Kier alpha value is -3.28. The second-order valence-corrected chi connectivity index (χ2v) is 8.27. The predicted octanol–water partition coefficient (Wildman–Crippen LogP) is 5.21. The molecule has 160 valence electrons. The molecular weight excluding hydrogens is 390 g/mol. The van der Waals surface area contributed by atoms with E-state index in [-0.39, 0.29) is 12.1 Å². The minimum atomic E-state index is -0.393. The first kappa shape index (κ1) is 19.7. The molecule has 6 heteroatoms. The summed E-state index contributed by atoms with van der Waals surface area (Å²) in [5.41, 5.74) is 4.10. The van der Waals surface area contributed by atoms with Crippen molar-refractivity contribution in [1.29, 1.82) is 0 Å². The van der Waals surface area contributed by atoms with E-state index in [1.165, 1.54) is 6.42 Å². The van der Waals surface area contributed by atoms with Crippen molar-refractivity contribution in [3.05, 3.63) is 65.4 Å². The van der Waals surface area contributed by atoms with E-state index in [0.717, 1.165) is 53.7 Å². The number of methoxy groups -OCH3 is 1. The summed E-state index contributed by atoms with van der Waals surface area (Å²) < 4.78 is 13.8. The summed E-state index contributed by atoms with van der Waals surface area (Å²) in [5.74, 6) is 1.17. The Morgan fingerprint density at radius 3 is 2.61 bits per heavy atom. The first-order valence-corrected chi connectivity index (χ1v) is 11.0. The van der Waals surface area contributed by atoms with E-state index < -0.39 is 6.04 Å². The van der Waals surface area contributed by atoms with Gasteiger partial charge in [0.2, 0.25) is 5.95 Å². The molecule has 2 aliphatic rings. The number of fused-ring (bicyclic) bond motifs is 3. The average molecular weight is 418 g/mol. The summed E-state index contributed by atoms with van der Waals surface area (Å²) in [6.07, 6.45) is 5.29. The van der Waals surface area contributed by atoms with Crippen LogP contribution in [-0.4, -0.2) is 28.7 Å². The molecule has 31 heavy (non-hydrogen) atoms. The van der Waals surface area contributed by atoms with Crippen molar-refractivity contribution in [1.82, 2.24) is 9.55 Å². The maximum absolute atomic E-state index is 13.5. The van der Waals surface area contributed by atoms with Crippen molar-refractivity contribution in [2.75, 3.05) is 12.4 Å². The largest absolute Gasteiger partial charge is 0.496 e. The van der Waals surface area contributed by atoms with Gasteiger partial charge in [-0.3, -0.25) is 4.57 Å². The number of anilines is 1. The minimum Gasteiger partial charge on any atom is -0.496 e. The number of nitrogens with zero attached hydrogens (tertiary/aromatic N) is 2. The Morgan fingerprint density at radius 2 is 1.81 bits per heavy atom. The van der Waals surface area contributed by atoms with E-state index in [9.17, 15) is 4.79 Å². The predicted molar refractivity (Wildman–Crippen MR) is 120 cm³/mol. The number of benzene rings is 2. The van der Waals surface area contributed by atoms with Gasteiger partial charge in [0.05, 0.1) is 29.8 Å². The lowest BCUT2D eigenvalue weighted by Gasteiger charge is -2.32. The van der Waals surface area contributed by atoms with Gasteiger partial charge in [-0.1, -0.05) is 36.8 Å². The molecule has 0 radical (unpaired) electrons. The van der Waals surface area contributed by atoms with Crippen molar-refractivity contribution in [2.45, 2.75) is 51.2 Å². The van der Waals surface area contributed by atoms with Crippen molar-refractivity contribution in [2.24, 2.45) is 0 Å². The van der Waals surface area contributed by atoms with Gasteiger partial charge in [-0.15, -0.1) is 0 Å². The number of rotatable bonds is 4. The molecule has 3 aromatic rings. The molecule has 0 saturated heterocycles. The summed E-state index contributed by atoms with van der Waals surface area (Å²) >= 11 is 0. The second kappa shape index (κ2) is 8.10. The summed E-state index contributed by atoms with van der Waals surface area (Å²) in [7, 11) is 1.66. The van der Waals surface area contributed by atoms with Crippen molar-refractivity contribution in [3.8, 4) is 5.75 Å². The molecule has 1 atom stereocenters. The summed E-state index contributed by atoms with van der Waals surface area (Å²) in [6.45, 7) is 1.92. The number of imidazole rings is 1. The fraction of sp³-hybridized carbons (Fsp3) is 0.360. The molecular formula is C25H27N3O3. The highest BCUT2D eigenvalue weighted by molar-refractivity contribution is 5.94. The Labute approximate surface area is 181 Å². The smallest absolute Gasteiger partial charge is 0.338 e. The van der Waals surface area contributed by atoms with E-state index in [1.54, 1.807) is 7.11 Å². The average Bonchev–Trinajstić information content (AvgIpc) is 3.16. The normalized spacial score (nSPS) is 19.1. The Balaban J connectivity index is 1.65. The molecule has 0 unspecified atom stereocenters. The molecule has 1 aliphatic carbocycles. The first-order valence-electron chi connectivity index (χ1n) is 11.0. The quantitative estimate of drug-likeness (QED) is 0.591. The van der Waals surface area contributed by atoms with Crippen LogP contribution in [0.25, 0.3) is 11.0 Å². The van der Waals surface area contributed by atoms with E-state index in [0.29, 0.717) is 11.5 Å². The van der Waals surface area contributed by atoms with Gasteiger partial charge in [0.25, 0.3) is 0 Å². The third-order valence-corrected chi connectivity index (χ3v) is 6.31. The molecule has 0 spiro atoms. The van der Waals surface area contributed by atoms with Crippen LogP contribution < -0.4 is 10.1 Å². The monoisotopic (exact) mass is 417 g/mol. The zero-order valence-corrected chi connectivity index (χ0v) is 17.9. The van der Waals surface area contributed by atoms with Crippen LogP contribution in [0.5, 0.6) is 5.75 Å². The second-order valence-electron chi connectivity index (χ2n) is 8.27. The van der Waals surface area contributed by atoms with Crippen LogP contribution in [0, 0.1) is 0 Å². The lowest BCUT2D eigenvalue weighted by atomic mass is 9.93. The molecule has 0 amide bonds. The van der Waals surface area contributed by atoms with Crippen LogP contribution in [0.3, 0.4) is 0 Å². The van der Waals surface area contributed by atoms with Gasteiger partial charge in [0.1, 0.15) is 11.9 Å². The number of esters is 1. The number of allylic oxidation sites excluding steroid dienone is 1. The number of aromatic nitrogens is 2. The van der Waals surface area contributed by atoms with E-state index in [2.05, 4.69) is 9.88 Å². The van der Waals surface area contributed by atoms with E-state index in [4.69, 9.17) is 14.5 Å². The number of hydrogen-bond acceptors (Lipinski definition) is 5. The standard InChI is InChI=1S/C25H27N3O3/c1-16-22(24(29)31-17-10-4-3-5-11-17)23(18-12-6-9-15-21(18)30-2)28-20-14-8-7-13-19(20)27-25(28)26-16/h6-9,12-15,17,23H,3-5,10-11H2,1-2H3,(H,26,27)/t23-/m1/s1. The fourth-order valence-electron chi connectivity index (χ4n) is 4.81. The highest BCUT2D eigenvalue weighted by Gasteiger charge is 2.37. The molecule has 2 heterocycles. The zero-order chi connectivity index (χ0) is 21.4. The van der Waals surface area contributed by atoms with Gasteiger partial charge < -0.3 is 14.8 Å². The molecule has 0 bridgehead atoms. The molecule has 2 aromatic carbocycles. The summed E-state index contributed by atoms with van der Waals surface area (Å²) in [5, 5.41) is 3.34. The van der Waals surface area contributed by atoms with Gasteiger partial charge >= 0.3 is 5.97 Å². The van der Waals surface area contributed by atoms with Crippen LogP contribution in [0.1, 0.15) is 50.6 Å². The van der Waals surface area contributed by atoms with Crippen molar-refractivity contribution >= 4 is 23.0 Å². The topological polar surface area (TPSA) is 65.4 Å². The molecule has 1 aliphatic heterocycles. The van der Waals surface area contributed by atoms with Gasteiger partial charge in [-0.05, 0) is 50.8 Å². The molecule has 1 N–H and O–H groups in total. The van der Waals surface area contributed by atoms with Gasteiger partial charge in [0, 0.05) is 11.3 Å². The molecule has 1 aromatic heterocycles. The molecule has 6 nitrogen and oxygen atoms in total. The van der Waals surface area contributed by atoms with Gasteiger partial charge in [-0.25, -0.2) is 9.78 Å². The van der Waals surface area contributed by atoms with Crippen LogP contribution in [-0.2, 0) is 9.53 Å². The Bertz CT molecular complexity index is 1160. The number of carbonyl (C=O) groups is 1. The number of para-hydroxylation sites is 3. The molecule has 5 rings (SSSR count). The maximum atomic E-state index is 13.5. The first-order chi connectivity index (χ1) is 15.2. The van der Waals surface area contributed by atoms with Crippen molar-refractivity contribution < 1.29 is 14.3 Å². The number of nitrogens with one attached hydrogen (secondary N) is 1. The van der Waals surface area contributed by atoms with Crippen LogP contribution >= 0.6 is 0 Å². The van der Waals surface area contributed by atoms with Gasteiger partial charge in [0.15, 0.2) is 0 Å². The maximum Gasteiger partial charge on any atom is 0.338 e. The SMILES string of the molecule is COc1ccccc1[C@@H]1C(C(=O)OC2CCCCC2)=C(C)Nc2nc3ccccc3n21. The van der Waals surface area contributed by atoms with E-state index >= 15 is 0 Å². The lowest BCUT2D eigenvalue weighted by molar-refractivity contribution is -0.146. The van der Waals surface area contributed by atoms with Gasteiger partial charge in [-0.2, -0.15) is 0 Å². The van der Waals surface area contributed by atoms with Crippen LogP contribution in [0.15, 0.2) is 59.8 Å². The van der Waals surface area contributed by atoms with Crippen LogP contribution in [0.2, 0.25) is 0 Å². The van der Waals surface area contributed by atoms with E-state index in [1.807, 2.05) is 55.5 Å². The van der Waals surface area contributed by atoms with Crippen molar-refractivity contribution in [3.63, 3.8) is 0 Å². The Kier molecular flexibility index (Phi) is 5.14. The lowest BCUT2D eigenvalue weighted by Crippen LogP contribution is -2.31. The molecule has 1 saturated carbocycles. The van der Waals surface area contributed by atoms with Crippen LogP contribution in [0.4, 0.5) is 5.95 Å². The Morgan fingerprint density at radius 1 is 1.06 bits per heavy atom. The highest BCUT2D eigenvalue weighted by atomic mass is 16.5.